The van der Waals surface area contributed by atoms with Crippen LogP contribution >= 0.6 is 24.0 Å². The summed E-state index contributed by atoms with van der Waals surface area (Å²) >= 11 is 0. The third-order valence-electron chi connectivity index (χ3n) is 3.75. The van der Waals surface area contributed by atoms with Gasteiger partial charge in [0.1, 0.15) is 0 Å². The highest BCUT2D eigenvalue weighted by Gasteiger charge is 2.08. The minimum absolute atomic E-state index is 0. The smallest absolute Gasteiger partial charge is 0.191 e. The molecule has 0 atom stereocenters. The maximum atomic E-state index is 5.36. The lowest BCUT2D eigenvalue weighted by molar-refractivity contribution is 0.0377. The second-order valence-electron chi connectivity index (χ2n) is 5.57. The number of aliphatic imine (C=N–C) groups is 1. The minimum Gasteiger partial charge on any atom is -0.379 e. The first kappa shape index (κ1) is 21.1. The molecule has 0 spiro atoms. The first-order valence-electron chi connectivity index (χ1n) is 8.60. The average molecular weight is 447 g/mol. The Bertz CT molecular complexity index is 452. The zero-order chi connectivity index (χ0) is 16.2. The number of rotatable bonds is 8. The van der Waals surface area contributed by atoms with E-state index in [1.165, 1.54) is 0 Å². The summed E-state index contributed by atoms with van der Waals surface area (Å²) in [6.45, 7) is 9.56. The average Bonchev–Trinajstić information content (AvgIpc) is 2.60. The van der Waals surface area contributed by atoms with Crippen molar-refractivity contribution < 1.29 is 4.74 Å². The Morgan fingerprint density at radius 2 is 2.12 bits per heavy atom. The van der Waals surface area contributed by atoms with E-state index in [-0.39, 0.29) is 24.0 Å². The van der Waals surface area contributed by atoms with Crippen LogP contribution in [0.2, 0.25) is 0 Å². The molecule has 0 radical (unpaired) electrons. The number of nitrogens with one attached hydrogen (secondary N) is 2. The summed E-state index contributed by atoms with van der Waals surface area (Å²) in [7, 11) is 0. The van der Waals surface area contributed by atoms with E-state index in [2.05, 4.69) is 32.4 Å². The lowest BCUT2D eigenvalue weighted by Crippen LogP contribution is -2.39. The molecule has 2 heterocycles. The van der Waals surface area contributed by atoms with Crippen molar-refractivity contribution in [1.29, 1.82) is 0 Å². The van der Waals surface area contributed by atoms with Gasteiger partial charge in [-0.15, -0.1) is 24.0 Å². The van der Waals surface area contributed by atoms with Gasteiger partial charge in [0, 0.05) is 57.6 Å². The highest BCUT2D eigenvalue weighted by atomic mass is 127. The van der Waals surface area contributed by atoms with E-state index in [4.69, 9.17) is 4.74 Å². The molecule has 1 aliphatic rings. The lowest BCUT2D eigenvalue weighted by Gasteiger charge is -2.26. The monoisotopic (exact) mass is 447 g/mol. The van der Waals surface area contributed by atoms with Crippen LogP contribution in [-0.4, -0.2) is 68.3 Å². The van der Waals surface area contributed by atoms with E-state index in [1.807, 2.05) is 24.4 Å². The molecule has 0 unspecified atom stereocenters. The first-order chi connectivity index (χ1) is 11.4. The van der Waals surface area contributed by atoms with Crippen LogP contribution in [0.15, 0.2) is 29.4 Å². The van der Waals surface area contributed by atoms with Crippen LogP contribution in [0, 0.1) is 0 Å². The molecule has 0 amide bonds. The van der Waals surface area contributed by atoms with Crippen molar-refractivity contribution in [3.8, 4) is 0 Å². The minimum atomic E-state index is 0. The fourth-order valence-corrected chi connectivity index (χ4v) is 2.51. The Morgan fingerprint density at radius 3 is 2.83 bits per heavy atom. The summed E-state index contributed by atoms with van der Waals surface area (Å²) in [6, 6.07) is 6.01. The third-order valence-corrected chi connectivity index (χ3v) is 3.75. The second-order valence-corrected chi connectivity index (χ2v) is 5.57. The molecule has 1 aromatic rings. The molecule has 6 nitrogen and oxygen atoms in total. The molecular formula is C17H30IN5O. The second kappa shape index (κ2) is 13.4. The van der Waals surface area contributed by atoms with Gasteiger partial charge in [-0.25, -0.2) is 0 Å². The predicted octanol–water partition coefficient (Wildman–Crippen LogP) is 1.52. The Kier molecular flexibility index (Phi) is 11.8. The zero-order valence-electron chi connectivity index (χ0n) is 14.5. The van der Waals surface area contributed by atoms with E-state index in [0.717, 1.165) is 77.0 Å². The number of halogens is 1. The maximum absolute atomic E-state index is 5.36. The van der Waals surface area contributed by atoms with Gasteiger partial charge in [0.2, 0.25) is 0 Å². The molecule has 1 aliphatic heterocycles. The Balaban J connectivity index is 0.00000288. The zero-order valence-corrected chi connectivity index (χ0v) is 16.9. The molecule has 1 saturated heterocycles. The fourth-order valence-electron chi connectivity index (χ4n) is 2.51. The molecule has 0 aliphatic carbocycles. The van der Waals surface area contributed by atoms with Gasteiger partial charge >= 0.3 is 0 Å². The van der Waals surface area contributed by atoms with Crippen LogP contribution in [0.3, 0.4) is 0 Å². The number of hydrogen-bond acceptors (Lipinski definition) is 4. The maximum Gasteiger partial charge on any atom is 0.191 e. The van der Waals surface area contributed by atoms with Crippen molar-refractivity contribution in [1.82, 2.24) is 20.5 Å². The Morgan fingerprint density at radius 1 is 1.29 bits per heavy atom. The summed E-state index contributed by atoms with van der Waals surface area (Å²) in [4.78, 5) is 11.4. The molecule has 0 aromatic carbocycles. The van der Waals surface area contributed by atoms with Gasteiger partial charge in [-0.3, -0.25) is 14.9 Å². The van der Waals surface area contributed by atoms with Gasteiger partial charge in [0.05, 0.1) is 13.2 Å². The van der Waals surface area contributed by atoms with Crippen LogP contribution < -0.4 is 10.6 Å². The van der Waals surface area contributed by atoms with Crippen molar-refractivity contribution in [2.24, 2.45) is 4.99 Å². The quantitative estimate of drug-likeness (QED) is 0.274. The molecule has 0 saturated carbocycles. The van der Waals surface area contributed by atoms with E-state index < -0.39 is 0 Å². The molecule has 1 fully saturated rings. The number of pyridine rings is 1. The number of nitrogens with zero attached hydrogens (tertiary/aromatic N) is 3. The van der Waals surface area contributed by atoms with Gasteiger partial charge in [-0.05, 0) is 25.5 Å². The number of hydrogen-bond donors (Lipinski definition) is 2. The fraction of sp³-hybridized carbons (Fsp3) is 0.647. The van der Waals surface area contributed by atoms with Crippen molar-refractivity contribution in [2.45, 2.75) is 19.8 Å². The Hall–Kier alpha value is -0.930. The van der Waals surface area contributed by atoms with Crippen LogP contribution in [0.4, 0.5) is 0 Å². The SMILES string of the molecule is CCNC(=NCCCN1CCOCC1)NCCc1ccccn1.I. The van der Waals surface area contributed by atoms with E-state index in [9.17, 15) is 0 Å². The molecule has 136 valence electrons. The van der Waals surface area contributed by atoms with Gasteiger partial charge in [-0.1, -0.05) is 6.07 Å². The van der Waals surface area contributed by atoms with Crippen molar-refractivity contribution in [3.63, 3.8) is 0 Å². The summed E-state index contributed by atoms with van der Waals surface area (Å²) in [5, 5.41) is 6.67. The molecule has 0 bridgehead atoms. The first-order valence-corrected chi connectivity index (χ1v) is 8.60. The molecular weight excluding hydrogens is 417 g/mol. The van der Waals surface area contributed by atoms with E-state index in [0.29, 0.717) is 0 Å². The van der Waals surface area contributed by atoms with Crippen LogP contribution in [0.5, 0.6) is 0 Å². The third kappa shape index (κ3) is 8.79. The van der Waals surface area contributed by atoms with Crippen molar-refractivity contribution in [2.75, 3.05) is 52.5 Å². The van der Waals surface area contributed by atoms with Crippen LogP contribution in [0.1, 0.15) is 19.0 Å². The van der Waals surface area contributed by atoms with Gasteiger partial charge in [0.25, 0.3) is 0 Å². The highest BCUT2D eigenvalue weighted by Crippen LogP contribution is 1.98. The number of aromatic nitrogens is 1. The molecule has 2 rings (SSSR count). The summed E-state index contributed by atoms with van der Waals surface area (Å²) in [5.74, 6) is 0.894. The topological polar surface area (TPSA) is 61.8 Å². The van der Waals surface area contributed by atoms with E-state index >= 15 is 0 Å². The number of guanidine groups is 1. The predicted molar refractivity (Wildman–Crippen MR) is 109 cm³/mol. The van der Waals surface area contributed by atoms with E-state index in [1.54, 1.807) is 0 Å². The summed E-state index contributed by atoms with van der Waals surface area (Å²) < 4.78 is 5.36. The number of morpholine rings is 1. The standard InChI is InChI=1S/C17H29N5O.HI/c1-2-18-17(21-10-7-16-6-3-4-8-19-16)20-9-5-11-22-12-14-23-15-13-22;/h3-4,6,8H,2,5,7,9-15H2,1H3,(H2,18,20,21);1H. The molecule has 1 aromatic heterocycles. The van der Waals surface area contributed by atoms with Gasteiger partial charge < -0.3 is 15.4 Å². The van der Waals surface area contributed by atoms with Crippen LogP contribution in [0.25, 0.3) is 0 Å². The van der Waals surface area contributed by atoms with Crippen molar-refractivity contribution >= 4 is 29.9 Å². The lowest BCUT2D eigenvalue weighted by atomic mass is 10.3. The highest BCUT2D eigenvalue weighted by molar-refractivity contribution is 14.0. The normalized spacial score (nSPS) is 15.6. The largest absolute Gasteiger partial charge is 0.379 e. The summed E-state index contributed by atoms with van der Waals surface area (Å²) in [6.07, 6.45) is 3.82. The Labute approximate surface area is 162 Å². The van der Waals surface area contributed by atoms with Gasteiger partial charge in [0.15, 0.2) is 5.96 Å². The van der Waals surface area contributed by atoms with Crippen LogP contribution in [-0.2, 0) is 11.2 Å². The molecule has 7 heteroatoms. The van der Waals surface area contributed by atoms with Crippen molar-refractivity contribution in [3.05, 3.63) is 30.1 Å². The van der Waals surface area contributed by atoms with Gasteiger partial charge in [-0.2, -0.15) is 0 Å². The molecule has 2 N–H and O–H groups in total. The summed E-state index contributed by atoms with van der Waals surface area (Å²) in [5.41, 5.74) is 1.10. The number of ether oxygens (including phenoxy) is 1. The molecule has 24 heavy (non-hydrogen) atoms.